The van der Waals surface area contributed by atoms with Crippen molar-refractivity contribution in [1.82, 2.24) is 0 Å². The van der Waals surface area contributed by atoms with Crippen LogP contribution < -0.4 is 10.5 Å². The quantitative estimate of drug-likeness (QED) is 0.658. The molecule has 0 saturated carbocycles. The third-order valence-electron chi connectivity index (χ3n) is 3.13. The van der Waals surface area contributed by atoms with Crippen LogP contribution in [0.25, 0.3) is 0 Å². The molecule has 0 atom stereocenters. The van der Waals surface area contributed by atoms with Crippen LogP contribution in [-0.4, -0.2) is 18.6 Å². The molecule has 0 aromatic heterocycles. The van der Waals surface area contributed by atoms with Crippen molar-refractivity contribution in [3.05, 3.63) is 40.1 Å². The van der Waals surface area contributed by atoms with Crippen molar-refractivity contribution < 1.29 is 22.7 Å². The summed E-state index contributed by atoms with van der Waals surface area (Å²) in [6.07, 6.45) is -3.97. The van der Waals surface area contributed by atoms with Crippen LogP contribution in [0.4, 0.5) is 13.2 Å². The zero-order chi connectivity index (χ0) is 17.1. The number of allylic oxidation sites excluding steroid dienone is 2. The summed E-state index contributed by atoms with van der Waals surface area (Å²) in [6.45, 7) is 6.79. The lowest BCUT2D eigenvalue weighted by molar-refractivity contribution is -0.0895. The van der Waals surface area contributed by atoms with E-state index in [9.17, 15) is 18.0 Å². The molecule has 0 unspecified atom stereocenters. The highest BCUT2D eigenvalue weighted by Crippen LogP contribution is 2.32. The van der Waals surface area contributed by atoms with Gasteiger partial charge in [-0.25, -0.2) is 0 Å². The van der Waals surface area contributed by atoms with Gasteiger partial charge in [-0.2, -0.15) is 13.2 Å². The third kappa shape index (κ3) is 4.02. The molecule has 0 aliphatic heterocycles. The Balaban J connectivity index is 3.30. The first-order valence-electron chi connectivity index (χ1n) is 6.91. The van der Waals surface area contributed by atoms with Gasteiger partial charge in [-0.15, -0.1) is 0 Å². The maximum Gasteiger partial charge on any atom is 0.421 e. The van der Waals surface area contributed by atoms with Crippen molar-refractivity contribution in [2.24, 2.45) is 5.73 Å². The minimum Gasteiger partial charge on any atom is -0.493 e. The summed E-state index contributed by atoms with van der Waals surface area (Å²) in [5.74, 6) is -0.548. The van der Waals surface area contributed by atoms with Crippen molar-refractivity contribution >= 4 is 5.78 Å². The van der Waals surface area contributed by atoms with E-state index < -0.39 is 23.2 Å². The number of benzene rings is 1. The summed E-state index contributed by atoms with van der Waals surface area (Å²) in [7, 11) is 0. The van der Waals surface area contributed by atoms with E-state index in [2.05, 4.69) is 0 Å². The fourth-order valence-corrected chi connectivity index (χ4v) is 2.07. The highest BCUT2D eigenvalue weighted by molar-refractivity contribution is 6.11. The molecule has 0 heterocycles. The normalized spacial score (nSPS) is 12.9. The number of hydrogen-bond acceptors (Lipinski definition) is 3. The second kappa shape index (κ2) is 6.85. The standard InChI is InChI=1S/C16H20F3NO2/c1-5-6-22-13-8-9(2)12(7-10(13)3)15(21)14(11(4)20)16(17,18)19/h7-8H,5-6,20H2,1-4H3/b14-11-. The van der Waals surface area contributed by atoms with Crippen LogP contribution in [0.15, 0.2) is 23.4 Å². The van der Waals surface area contributed by atoms with Gasteiger partial charge >= 0.3 is 6.18 Å². The van der Waals surface area contributed by atoms with Gasteiger partial charge in [-0.1, -0.05) is 6.92 Å². The van der Waals surface area contributed by atoms with E-state index in [1.54, 1.807) is 19.9 Å². The molecule has 122 valence electrons. The van der Waals surface area contributed by atoms with Crippen LogP contribution in [0.1, 0.15) is 41.8 Å². The minimum atomic E-state index is -4.78. The molecule has 0 spiro atoms. The predicted molar refractivity (Wildman–Crippen MR) is 79.0 cm³/mol. The topological polar surface area (TPSA) is 52.3 Å². The zero-order valence-corrected chi connectivity index (χ0v) is 13.1. The number of carbonyl (C=O) groups excluding carboxylic acids is 1. The van der Waals surface area contributed by atoms with E-state index in [0.29, 0.717) is 23.5 Å². The number of hydrogen-bond donors (Lipinski definition) is 1. The van der Waals surface area contributed by atoms with Crippen molar-refractivity contribution in [3.8, 4) is 5.75 Å². The monoisotopic (exact) mass is 315 g/mol. The Morgan fingerprint density at radius 2 is 1.82 bits per heavy atom. The fraction of sp³-hybridized carbons (Fsp3) is 0.438. The molecule has 0 bridgehead atoms. The minimum absolute atomic E-state index is 0.0153. The largest absolute Gasteiger partial charge is 0.493 e. The summed E-state index contributed by atoms with van der Waals surface area (Å²) < 4.78 is 44.5. The first-order chi connectivity index (χ1) is 10.1. The molecule has 3 nitrogen and oxygen atoms in total. The van der Waals surface area contributed by atoms with Gasteiger partial charge in [-0.3, -0.25) is 4.79 Å². The summed E-state index contributed by atoms with van der Waals surface area (Å²) in [5, 5.41) is 0. The lowest BCUT2D eigenvalue weighted by Crippen LogP contribution is -2.25. The first-order valence-corrected chi connectivity index (χ1v) is 6.91. The Hall–Kier alpha value is -1.98. The molecule has 0 aliphatic carbocycles. The van der Waals surface area contributed by atoms with Gasteiger partial charge in [-0.05, 0) is 50.5 Å². The molecule has 6 heteroatoms. The van der Waals surface area contributed by atoms with E-state index in [1.165, 1.54) is 6.07 Å². The average Bonchev–Trinajstić information content (AvgIpc) is 2.37. The van der Waals surface area contributed by atoms with Crippen molar-refractivity contribution in [2.45, 2.75) is 40.3 Å². The van der Waals surface area contributed by atoms with Gasteiger partial charge in [0.25, 0.3) is 0 Å². The van der Waals surface area contributed by atoms with Crippen LogP contribution in [-0.2, 0) is 0 Å². The highest BCUT2D eigenvalue weighted by atomic mass is 19.4. The van der Waals surface area contributed by atoms with Gasteiger partial charge in [0.1, 0.15) is 11.3 Å². The molecule has 1 aromatic rings. The van der Waals surface area contributed by atoms with E-state index in [0.717, 1.165) is 13.3 Å². The molecular weight excluding hydrogens is 295 g/mol. The second-order valence-electron chi connectivity index (χ2n) is 5.17. The predicted octanol–water partition coefficient (Wildman–Crippen LogP) is 4.07. The Labute approximate surface area is 128 Å². The average molecular weight is 315 g/mol. The van der Waals surface area contributed by atoms with Crippen LogP contribution in [0.5, 0.6) is 5.75 Å². The van der Waals surface area contributed by atoms with Gasteiger partial charge in [0.05, 0.1) is 6.61 Å². The summed E-state index contributed by atoms with van der Waals surface area (Å²) >= 11 is 0. The number of rotatable bonds is 5. The molecule has 2 N–H and O–H groups in total. The maximum atomic E-state index is 13.0. The molecule has 0 aliphatic rings. The summed E-state index contributed by atoms with van der Waals surface area (Å²) in [6, 6.07) is 3.00. The smallest absolute Gasteiger partial charge is 0.421 e. The van der Waals surface area contributed by atoms with Crippen LogP contribution in [0, 0.1) is 13.8 Å². The number of alkyl halides is 3. The maximum absolute atomic E-state index is 13.0. The molecule has 0 amide bonds. The number of ether oxygens (including phenoxy) is 1. The SMILES string of the molecule is CCCOc1cc(C)c(C(=O)/C(=C(\C)N)C(F)(F)F)cc1C. The highest BCUT2D eigenvalue weighted by Gasteiger charge is 2.40. The van der Waals surface area contributed by atoms with Gasteiger partial charge in [0.15, 0.2) is 5.78 Å². The first kappa shape index (κ1) is 18.1. The Morgan fingerprint density at radius 1 is 1.23 bits per heavy atom. The number of Topliss-reactive ketones (excluding diaryl/α,β-unsaturated/α-hetero) is 1. The molecule has 1 rings (SSSR count). The number of nitrogens with two attached hydrogens (primary N) is 1. The molecule has 0 saturated heterocycles. The van der Waals surface area contributed by atoms with E-state index in [1.807, 2.05) is 6.92 Å². The van der Waals surface area contributed by atoms with E-state index >= 15 is 0 Å². The lowest BCUT2D eigenvalue weighted by Gasteiger charge is -2.16. The second-order valence-corrected chi connectivity index (χ2v) is 5.17. The zero-order valence-electron chi connectivity index (χ0n) is 13.1. The van der Waals surface area contributed by atoms with Crippen molar-refractivity contribution in [2.75, 3.05) is 6.61 Å². The molecule has 0 fully saturated rings. The van der Waals surface area contributed by atoms with Crippen molar-refractivity contribution in [3.63, 3.8) is 0 Å². The molecule has 22 heavy (non-hydrogen) atoms. The van der Waals surface area contributed by atoms with Crippen LogP contribution in [0.3, 0.4) is 0 Å². The fourth-order valence-electron chi connectivity index (χ4n) is 2.07. The number of carbonyl (C=O) groups is 1. The van der Waals surface area contributed by atoms with Gasteiger partial charge in [0.2, 0.25) is 0 Å². The van der Waals surface area contributed by atoms with Gasteiger partial charge in [0, 0.05) is 11.3 Å². The third-order valence-corrected chi connectivity index (χ3v) is 3.13. The molecule has 0 radical (unpaired) electrons. The number of ketones is 1. The number of aryl methyl sites for hydroxylation is 2. The lowest BCUT2D eigenvalue weighted by atomic mass is 9.95. The molecule has 1 aromatic carbocycles. The van der Waals surface area contributed by atoms with E-state index in [4.69, 9.17) is 10.5 Å². The Bertz CT molecular complexity index is 600. The van der Waals surface area contributed by atoms with Crippen LogP contribution >= 0.6 is 0 Å². The van der Waals surface area contributed by atoms with Crippen molar-refractivity contribution in [1.29, 1.82) is 0 Å². The summed E-state index contributed by atoms with van der Waals surface area (Å²) in [5.41, 5.74) is 4.41. The van der Waals surface area contributed by atoms with E-state index in [-0.39, 0.29) is 5.56 Å². The molecular formula is C16H20F3NO2. The Kier molecular flexibility index (Phi) is 5.63. The Morgan fingerprint density at radius 3 is 2.27 bits per heavy atom. The summed E-state index contributed by atoms with van der Waals surface area (Å²) in [4.78, 5) is 12.2. The van der Waals surface area contributed by atoms with Gasteiger partial charge < -0.3 is 10.5 Å². The van der Waals surface area contributed by atoms with Crippen LogP contribution in [0.2, 0.25) is 0 Å². The number of halogens is 3.